The van der Waals surface area contributed by atoms with E-state index >= 15 is 0 Å². The third kappa shape index (κ3) is 3.13. The summed E-state index contributed by atoms with van der Waals surface area (Å²) in [5.74, 6) is -1.83. The predicted octanol–water partition coefficient (Wildman–Crippen LogP) is 3.59. The summed E-state index contributed by atoms with van der Waals surface area (Å²) in [5.41, 5.74) is 0.546. The lowest BCUT2D eigenvalue weighted by atomic mass is 9.82. The third-order valence-corrected chi connectivity index (χ3v) is 5.00. The number of hydrogen-bond donors (Lipinski definition) is 2. The average molecular weight is 350 g/mol. The normalized spacial score (nSPS) is 27.2. The van der Waals surface area contributed by atoms with Crippen molar-refractivity contribution in [2.24, 2.45) is 23.7 Å². The first-order chi connectivity index (χ1) is 11.5. The first-order valence-corrected chi connectivity index (χ1v) is 8.53. The monoisotopic (exact) mass is 349 g/mol. The fourth-order valence-electron chi connectivity index (χ4n) is 3.65. The van der Waals surface area contributed by atoms with E-state index in [4.69, 9.17) is 16.3 Å². The molecule has 0 spiro atoms. The Morgan fingerprint density at radius 1 is 1.29 bits per heavy atom. The molecule has 1 fully saturated rings. The van der Waals surface area contributed by atoms with E-state index in [2.05, 4.69) is 5.32 Å². The zero-order valence-electron chi connectivity index (χ0n) is 13.4. The number of nitrogens with one attached hydrogen (secondary N) is 1. The number of allylic oxidation sites excluding steroid dienone is 2. The fourth-order valence-corrected chi connectivity index (χ4v) is 3.88. The summed E-state index contributed by atoms with van der Waals surface area (Å²) in [6.45, 7) is 2.58. The quantitative estimate of drug-likeness (QED) is 0.769. The Labute approximate surface area is 145 Å². The fraction of sp³-hybridized carbons (Fsp3) is 0.444. The smallest absolute Gasteiger partial charge is 0.307 e. The lowest BCUT2D eigenvalue weighted by Gasteiger charge is -2.24. The topological polar surface area (TPSA) is 75.6 Å². The van der Waals surface area contributed by atoms with E-state index in [0.717, 1.165) is 12.8 Å². The summed E-state index contributed by atoms with van der Waals surface area (Å²) in [7, 11) is 0. The minimum absolute atomic E-state index is 0.00117. The lowest BCUT2D eigenvalue weighted by molar-refractivity contribution is -0.146. The van der Waals surface area contributed by atoms with Crippen molar-refractivity contribution in [3.05, 3.63) is 35.4 Å². The van der Waals surface area contributed by atoms with Crippen LogP contribution in [0.3, 0.4) is 0 Å². The van der Waals surface area contributed by atoms with Crippen molar-refractivity contribution in [2.45, 2.75) is 19.8 Å². The Balaban J connectivity index is 1.72. The van der Waals surface area contributed by atoms with Crippen LogP contribution in [0.15, 0.2) is 30.4 Å². The van der Waals surface area contributed by atoms with Crippen molar-refractivity contribution in [3.63, 3.8) is 0 Å². The van der Waals surface area contributed by atoms with Crippen LogP contribution in [0.4, 0.5) is 5.69 Å². The number of amides is 1. The molecule has 3 rings (SSSR count). The van der Waals surface area contributed by atoms with Gasteiger partial charge in [0.1, 0.15) is 5.75 Å². The standard InChI is InChI=1S/C18H20ClNO4/c1-2-7-24-14-6-5-12(9-13(14)19)20-17(21)15-10-3-4-11(8-10)16(15)18(22)23/h3-6,9-11,15-16H,2,7-8H2,1H3,(H,20,21)(H,22,23). The van der Waals surface area contributed by atoms with Crippen LogP contribution in [0.5, 0.6) is 5.75 Å². The molecule has 128 valence electrons. The molecule has 2 aliphatic rings. The molecule has 0 saturated heterocycles. The Bertz CT molecular complexity index is 688. The lowest BCUT2D eigenvalue weighted by Crippen LogP contribution is -2.36. The second kappa shape index (κ2) is 6.85. The van der Waals surface area contributed by atoms with E-state index in [0.29, 0.717) is 23.1 Å². The van der Waals surface area contributed by atoms with Crippen LogP contribution >= 0.6 is 11.6 Å². The highest BCUT2D eigenvalue weighted by Gasteiger charge is 2.51. The van der Waals surface area contributed by atoms with E-state index in [1.165, 1.54) is 0 Å². The first-order valence-electron chi connectivity index (χ1n) is 8.15. The van der Waals surface area contributed by atoms with E-state index in [1.54, 1.807) is 18.2 Å². The third-order valence-electron chi connectivity index (χ3n) is 4.71. The Morgan fingerprint density at radius 3 is 2.62 bits per heavy atom. The molecule has 5 nitrogen and oxygen atoms in total. The molecular formula is C18H20ClNO4. The van der Waals surface area contributed by atoms with Gasteiger partial charge in [-0.1, -0.05) is 30.7 Å². The summed E-state index contributed by atoms with van der Waals surface area (Å²) < 4.78 is 5.50. The van der Waals surface area contributed by atoms with Crippen LogP contribution in [-0.4, -0.2) is 23.6 Å². The highest BCUT2D eigenvalue weighted by molar-refractivity contribution is 6.32. The number of carbonyl (C=O) groups is 2. The molecule has 0 aromatic heterocycles. The summed E-state index contributed by atoms with van der Waals surface area (Å²) in [5, 5.41) is 12.7. The number of anilines is 1. The van der Waals surface area contributed by atoms with E-state index < -0.39 is 17.8 Å². The number of rotatable bonds is 6. The van der Waals surface area contributed by atoms with Gasteiger partial charge in [0, 0.05) is 5.69 Å². The minimum atomic E-state index is -0.909. The maximum atomic E-state index is 12.6. The van der Waals surface area contributed by atoms with Gasteiger partial charge in [0.05, 0.1) is 23.5 Å². The van der Waals surface area contributed by atoms with Gasteiger partial charge in [-0.05, 0) is 42.9 Å². The van der Waals surface area contributed by atoms with Crippen LogP contribution in [0.25, 0.3) is 0 Å². The van der Waals surface area contributed by atoms with Gasteiger partial charge in [-0.25, -0.2) is 0 Å². The predicted molar refractivity (Wildman–Crippen MR) is 91.2 cm³/mol. The SMILES string of the molecule is CCCOc1ccc(NC(=O)C2C3C=CC(C3)C2C(=O)O)cc1Cl. The maximum Gasteiger partial charge on any atom is 0.307 e. The second-order valence-corrected chi connectivity index (χ2v) is 6.73. The van der Waals surface area contributed by atoms with Gasteiger partial charge in [-0.2, -0.15) is 0 Å². The van der Waals surface area contributed by atoms with Gasteiger partial charge in [0.2, 0.25) is 5.91 Å². The molecule has 6 heteroatoms. The number of fused-ring (bicyclic) bond motifs is 2. The van der Waals surface area contributed by atoms with Crippen LogP contribution in [0.2, 0.25) is 5.02 Å². The Kier molecular flexibility index (Phi) is 4.81. The number of ether oxygens (including phenoxy) is 1. The molecule has 1 amide bonds. The molecule has 4 atom stereocenters. The van der Waals surface area contributed by atoms with Crippen molar-refractivity contribution in [2.75, 3.05) is 11.9 Å². The van der Waals surface area contributed by atoms with Crippen molar-refractivity contribution >= 4 is 29.2 Å². The molecule has 2 bridgehead atoms. The summed E-state index contributed by atoms with van der Waals surface area (Å²) >= 11 is 6.17. The van der Waals surface area contributed by atoms with Gasteiger partial charge < -0.3 is 15.2 Å². The van der Waals surface area contributed by atoms with Crippen molar-refractivity contribution < 1.29 is 19.4 Å². The summed E-state index contributed by atoms with van der Waals surface area (Å²) in [4.78, 5) is 24.1. The van der Waals surface area contributed by atoms with Crippen LogP contribution in [0.1, 0.15) is 19.8 Å². The van der Waals surface area contributed by atoms with Gasteiger partial charge in [-0.15, -0.1) is 0 Å². The van der Waals surface area contributed by atoms with E-state index in [1.807, 2.05) is 19.1 Å². The molecule has 4 unspecified atom stereocenters. The zero-order chi connectivity index (χ0) is 17.3. The molecule has 2 aliphatic carbocycles. The second-order valence-electron chi connectivity index (χ2n) is 6.32. The molecule has 0 heterocycles. The van der Waals surface area contributed by atoms with Crippen molar-refractivity contribution in [3.8, 4) is 5.75 Å². The largest absolute Gasteiger partial charge is 0.492 e. The molecule has 2 N–H and O–H groups in total. The highest BCUT2D eigenvalue weighted by atomic mass is 35.5. The molecular weight excluding hydrogens is 330 g/mol. The van der Waals surface area contributed by atoms with Gasteiger partial charge >= 0.3 is 5.97 Å². The Morgan fingerprint density at radius 2 is 2.00 bits per heavy atom. The molecule has 1 aromatic carbocycles. The number of halogens is 1. The number of benzene rings is 1. The molecule has 24 heavy (non-hydrogen) atoms. The van der Waals surface area contributed by atoms with Gasteiger partial charge in [0.15, 0.2) is 0 Å². The number of carboxylic acid groups (broad SMARTS) is 1. The minimum Gasteiger partial charge on any atom is -0.492 e. The Hall–Kier alpha value is -2.01. The average Bonchev–Trinajstić information content (AvgIpc) is 3.15. The van der Waals surface area contributed by atoms with Gasteiger partial charge in [-0.3, -0.25) is 9.59 Å². The first kappa shape index (κ1) is 16.8. The molecule has 0 radical (unpaired) electrons. The highest BCUT2D eigenvalue weighted by Crippen LogP contribution is 2.48. The van der Waals surface area contributed by atoms with Crippen LogP contribution in [0, 0.1) is 23.7 Å². The van der Waals surface area contributed by atoms with E-state index in [9.17, 15) is 14.7 Å². The maximum absolute atomic E-state index is 12.6. The van der Waals surface area contributed by atoms with Crippen molar-refractivity contribution in [1.29, 1.82) is 0 Å². The molecule has 0 aliphatic heterocycles. The molecule has 1 saturated carbocycles. The van der Waals surface area contributed by atoms with Gasteiger partial charge in [0.25, 0.3) is 0 Å². The number of carboxylic acids is 1. The number of carbonyl (C=O) groups excluding carboxylic acids is 1. The molecule has 1 aromatic rings. The van der Waals surface area contributed by atoms with Crippen LogP contribution < -0.4 is 10.1 Å². The summed E-state index contributed by atoms with van der Waals surface area (Å²) in [6.07, 6.45) is 5.50. The van der Waals surface area contributed by atoms with Crippen molar-refractivity contribution in [1.82, 2.24) is 0 Å². The van der Waals surface area contributed by atoms with E-state index in [-0.39, 0.29) is 17.7 Å². The number of hydrogen-bond acceptors (Lipinski definition) is 3. The summed E-state index contributed by atoms with van der Waals surface area (Å²) in [6, 6.07) is 5.06. The zero-order valence-corrected chi connectivity index (χ0v) is 14.1. The van der Waals surface area contributed by atoms with Crippen LogP contribution in [-0.2, 0) is 9.59 Å². The number of aliphatic carboxylic acids is 1.